The Kier molecular flexibility index (Phi) is 8.83. The number of benzene rings is 7. The van der Waals surface area contributed by atoms with Crippen LogP contribution in [-0.4, -0.2) is 19.6 Å². The van der Waals surface area contributed by atoms with Crippen molar-refractivity contribution in [3.05, 3.63) is 192 Å². The molecule has 1 unspecified atom stereocenters. The molecule has 9 rings (SSSR count). The number of aryl methyl sites for hydroxylation is 1. The van der Waals surface area contributed by atoms with Gasteiger partial charge in [0.25, 0.3) is 0 Å². The van der Waals surface area contributed by atoms with Gasteiger partial charge < -0.3 is 5.11 Å². The van der Waals surface area contributed by atoms with Crippen molar-refractivity contribution in [2.24, 2.45) is 0 Å². The molecule has 0 aliphatic rings. The van der Waals surface area contributed by atoms with Crippen molar-refractivity contribution < 1.29 is 17.4 Å². The topological polar surface area (TPSA) is 50.9 Å². The molecule has 1 N–H and O–H groups in total. The van der Waals surface area contributed by atoms with Gasteiger partial charge in [0, 0.05) is 35.2 Å². The van der Waals surface area contributed by atoms with E-state index in [0.717, 1.165) is 73.2 Å². The van der Waals surface area contributed by atoms with E-state index >= 15 is 0 Å². The number of pyridine rings is 1. The number of rotatable bonds is 9. The lowest BCUT2D eigenvalue weighted by molar-refractivity contribution is 0.471. The van der Waals surface area contributed by atoms with E-state index in [1.54, 1.807) is 24.4 Å². The van der Waals surface area contributed by atoms with E-state index in [1.165, 1.54) is 17.7 Å². The molecule has 0 aliphatic carbocycles. The Bertz CT molecular complexity index is 3480. The van der Waals surface area contributed by atoms with Crippen molar-refractivity contribution in [2.75, 3.05) is 0 Å². The molecule has 0 radical (unpaired) electrons. The van der Waals surface area contributed by atoms with E-state index in [9.17, 15) is 5.11 Å². The molecule has 0 bridgehead atoms. The minimum atomic E-state index is -3.37. The minimum Gasteiger partial charge on any atom is -0.507 e. The van der Waals surface area contributed by atoms with Crippen molar-refractivity contribution in [1.82, 2.24) is 14.5 Å². The Morgan fingerprint density at radius 1 is 0.585 bits per heavy atom. The van der Waals surface area contributed by atoms with Crippen LogP contribution < -0.4 is 0 Å². The lowest BCUT2D eigenvalue weighted by Crippen LogP contribution is -2.12. The minimum absolute atomic E-state index is 0.161. The molecular formula is C61H59N3O. The number of phenolic OH excluding ortho intramolecular Hbond substituents is 1. The molecule has 65 heavy (non-hydrogen) atoms. The van der Waals surface area contributed by atoms with Crippen LogP contribution in [0.4, 0.5) is 0 Å². The summed E-state index contributed by atoms with van der Waals surface area (Å²) in [5.74, 6) is 1.09. The van der Waals surface area contributed by atoms with Gasteiger partial charge in [-0.2, -0.15) is 0 Å². The predicted octanol–water partition coefficient (Wildman–Crippen LogP) is 16.5. The number of aromatic hydroxyl groups is 1. The van der Waals surface area contributed by atoms with E-state index < -0.39 is 26.0 Å². The number of hydrogen-bond acceptors (Lipinski definition) is 3. The Hall–Kier alpha value is -7.04. The highest BCUT2D eigenvalue weighted by Crippen LogP contribution is 2.44. The second kappa shape index (κ2) is 17.2. The highest BCUT2D eigenvalue weighted by Gasteiger charge is 2.26. The number of nitrogens with zero attached hydrogens (tertiary/aromatic N) is 3. The first kappa shape index (κ1) is 33.5. The Labute approximate surface area is 398 Å². The summed E-state index contributed by atoms with van der Waals surface area (Å²) in [6, 6.07) is 53.2. The Morgan fingerprint density at radius 3 is 1.95 bits per heavy atom. The highest BCUT2D eigenvalue weighted by molar-refractivity contribution is 5.98. The smallest absolute Gasteiger partial charge is 0.149 e. The van der Waals surface area contributed by atoms with Gasteiger partial charge in [0.15, 0.2) is 0 Å². The monoisotopic (exact) mass is 859 g/mol. The van der Waals surface area contributed by atoms with Crippen LogP contribution in [0, 0.1) is 6.92 Å². The van der Waals surface area contributed by atoms with E-state index in [0.29, 0.717) is 34.1 Å². The summed E-state index contributed by atoms with van der Waals surface area (Å²) in [6.45, 7) is 2.76. The molecule has 9 aromatic rings. The van der Waals surface area contributed by atoms with E-state index in [1.807, 2.05) is 49.4 Å². The average molecular weight is 859 g/mol. The van der Waals surface area contributed by atoms with Crippen LogP contribution in [0.3, 0.4) is 0 Å². The lowest BCUT2D eigenvalue weighted by atomic mass is 9.84. The van der Waals surface area contributed by atoms with Crippen molar-refractivity contribution in [3.8, 4) is 78.6 Å². The average Bonchev–Trinajstić information content (AvgIpc) is 3.75. The fourth-order valence-corrected chi connectivity index (χ4v) is 8.69. The van der Waals surface area contributed by atoms with Crippen LogP contribution in [0.5, 0.6) is 5.75 Å². The molecule has 0 spiro atoms. The molecular weight excluding hydrogens is 791 g/mol. The van der Waals surface area contributed by atoms with Gasteiger partial charge in [-0.25, -0.2) is 4.98 Å². The maximum atomic E-state index is 12.1. The van der Waals surface area contributed by atoms with Crippen molar-refractivity contribution in [3.63, 3.8) is 0 Å². The summed E-state index contributed by atoms with van der Waals surface area (Å²) >= 11 is 0. The van der Waals surface area contributed by atoms with E-state index in [4.69, 9.17) is 22.3 Å². The molecule has 2 aromatic heterocycles. The van der Waals surface area contributed by atoms with Crippen LogP contribution in [0.1, 0.15) is 102 Å². The zero-order valence-corrected chi connectivity index (χ0v) is 37.7. The first-order valence-electron chi connectivity index (χ1n) is 26.8. The van der Waals surface area contributed by atoms with Gasteiger partial charge in [0.1, 0.15) is 11.6 Å². The molecule has 2 heterocycles. The van der Waals surface area contributed by atoms with Crippen LogP contribution in [0.2, 0.25) is 0 Å². The molecule has 0 amide bonds. The molecule has 7 aromatic carbocycles. The van der Waals surface area contributed by atoms with Gasteiger partial charge in [-0.15, -0.1) is 0 Å². The highest BCUT2D eigenvalue weighted by atomic mass is 16.3. The second-order valence-corrected chi connectivity index (χ2v) is 18.3. The van der Waals surface area contributed by atoms with Gasteiger partial charge >= 0.3 is 0 Å². The molecule has 0 saturated heterocycles. The fourth-order valence-electron chi connectivity index (χ4n) is 8.69. The van der Waals surface area contributed by atoms with Crippen molar-refractivity contribution >= 4 is 11.0 Å². The number of para-hydroxylation sites is 1. The third-order valence-electron chi connectivity index (χ3n) is 12.7. The standard InChI is InChI=1S/C61H59N3O/c1-10-39(2)44-26-29-55(52(36-44)43-20-15-12-16-21-43)64-56-23-17-22-51(57(56)63-59(64)53-38-50(61(7,8)9)32-40(3)58(53)65)47-33-46(41-18-13-11-14-19-41)34-48(35-47)54-37-45(30-31-62-54)42-24-27-49(28-25-42)60(4,5)6/h11-39,65H,10H2,1-9H3/i4D3,5D3,6D3. The third-order valence-corrected chi connectivity index (χ3v) is 12.7. The number of imidazole rings is 1. The van der Waals surface area contributed by atoms with Crippen LogP contribution in [0.15, 0.2) is 170 Å². The van der Waals surface area contributed by atoms with Gasteiger partial charge in [-0.05, 0) is 140 Å². The molecule has 4 heteroatoms. The second-order valence-electron chi connectivity index (χ2n) is 18.3. The molecule has 0 aliphatic heterocycles. The van der Waals surface area contributed by atoms with Crippen molar-refractivity contribution in [1.29, 1.82) is 0 Å². The van der Waals surface area contributed by atoms with E-state index in [2.05, 4.69) is 130 Å². The maximum Gasteiger partial charge on any atom is 0.149 e. The largest absolute Gasteiger partial charge is 0.507 e. The maximum absolute atomic E-state index is 12.1. The SMILES string of the molecule is [2H]C([2H])([2H])C(c1ccc(-c2ccnc(-c3cc(-c4ccccc4)cc(-c4cccc5c4nc(-c4cc(C(C)(C)C)cc(C)c4O)n5-c4ccc(C(C)CC)cc4-c4ccccc4)c3)c2)cc1)(C([2H])([2H])[2H])C([2H])([2H])[2H]. The molecule has 1 atom stereocenters. The number of fused-ring (bicyclic) bond motifs is 1. The first-order chi connectivity index (χ1) is 34.9. The summed E-state index contributed by atoms with van der Waals surface area (Å²) < 4.78 is 76.2. The van der Waals surface area contributed by atoms with Gasteiger partial charge in [0.05, 0.1) is 28.0 Å². The third kappa shape index (κ3) is 8.54. The predicted molar refractivity (Wildman–Crippen MR) is 274 cm³/mol. The summed E-state index contributed by atoms with van der Waals surface area (Å²) in [5, 5.41) is 12.1. The molecule has 4 nitrogen and oxygen atoms in total. The van der Waals surface area contributed by atoms with Crippen molar-refractivity contribution in [2.45, 2.75) is 85.3 Å². The number of phenols is 1. The number of hydrogen-bond donors (Lipinski definition) is 1. The molecule has 0 saturated carbocycles. The quantitative estimate of drug-likeness (QED) is 0.157. The van der Waals surface area contributed by atoms with Crippen LogP contribution in [0.25, 0.3) is 83.9 Å². The first-order valence-corrected chi connectivity index (χ1v) is 22.3. The molecule has 0 fully saturated rings. The normalized spacial score (nSPS) is 15.1. The van der Waals surface area contributed by atoms with Crippen LogP contribution >= 0.6 is 0 Å². The summed E-state index contributed by atoms with van der Waals surface area (Å²) in [7, 11) is 0. The lowest BCUT2D eigenvalue weighted by Gasteiger charge is -2.22. The zero-order chi connectivity index (χ0) is 53.1. The number of aromatic nitrogens is 3. The fraction of sp³-hybridized carbons (Fsp3) is 0.213. The summed E-state index contributed by atoms with van der Waals surface area (Å²) in [4.78, 5) is 10.4. The van der Waals surface area contributed by atoms with Crippen LogP contribution in [-0.2, 0) is 10.8 Å². The molecule has 324 valence electrons. The Balaban J connectivity index is 1.27. The Morgan fingerprint density at radius 2 is 1.26 bits per heavy atom. The summed E-state index contributed by atoms with van der Waals surface area (Å²) in [6.07, 6.45) is 2.66. The van der Waals surface area contributed by atoms with E-state index in [-0.39, 0.29) is 16.7 Å². The van der Waals surface area contributed by atoms with Gasteiger partial charge in [0.2, 0.25) is 0 Å². The van der Waals surface area contributed by atoms with Gasteiger partial charge in [-0.1, -0.05) is 164 Å². The zero-order valence-electron chi connectivity index (χ0n) is 46.7. The van der Waals surface area contributed by atoms with Gasteiger partial charge in [-0.3, -0.25) is 9.55 Å². The summed E-state index contributed by atoms with van der Waals surface area (Å²) in [5.41, 5.74) is 11.0.